The second-order valence-corrected chi connectivity index (χ2v) is 9.34. The number of aryl methyl sites for hydroxylation is 2. The van der Waals surface area contributed by atoms with Crippen molar-refractivity contribution >= 4 is 33.7 Å². The molecule has 0 spiro atoms. The molecule has 170 valence electrons. The standard InChI is InChI=1S/C23H31BrN2O5/c1-14-11-17(24)12-15(2)21(14)30-16(3)23(29)26-10-9-25-22(28)19(26)13-20(27)31-18-7-5-4-6-8-18/h11-12,16,18-19H,4-10,13H2,1-3H3,(H,25,28). The van der Waals surface area contributed by atoms with Gasteiger partial charge in [0, 0.05) is 17.6 Å². The van der Waals surface area contributed by atoms with Crippen molar-refractivity contribution in [2.75, 3.05) is 13.1 Å². The van der Waals surface area contributed by atoms with Gasteiger partial charge in [-0.15, -0.1) is 0 Å². The van der Waals surface area contributed by atoms with E-state index < -0.39 is 18.1 Å². The van der Waals surface area contributed by atoms with E-state index >= 15 is 0 Å². The van der Waals surface area contributed by atoms with Crippen molar-refractivity contribution in [3.05, 3.63) is 27.7 Å². The van der Waals surface area contributed by atoms with Gasteiger partial charge in [-0.1, -0.05) is 22.4 Å². The number of nitrogens with zero attached hydrogens (tertiary/aromatic N) is 1. The molecule has 1 aromatic carbocycles. The molecule has 0 bridgehead atoms. The molecule has 1 aliphatic heterocycles. The van der Waals surface area contributed by atoms with Crippen LogP contribution in [0.15, 0.2) is 16.6 Å². The van der Waals surface area contributed by atoms with Gasteiger partial charge in [0.25, 0.3) is 5.91 Å². The number of ether oxygens (including phenoxy) is 2. The first kappa shape index (κ1) is 23.6. The Bertz CT molecular complexity index is 814. The van der Waals surface area contributed by atoms with Crippen LogP contribution in [-0.2, 0) is 19.1 Å². The minimum absolute atomic E-state index is 0.0809. The summed E-state index contributed by atoms with van der Waals surface area (Å²) in [6, 6.07) is 2.98. The first-order valence-electron chi connectivity index (χ1n) is 11.0. The Morgan fingerprint density at radius 1 is 1.19 bits per heavy atom. The molecular formula is C23H31BrN2O5. The van der Waals surface area contributed by atoms with Crippen molar-refractivity contribution in [3.63, 3.8) is 0 Å². The van der Waals surface area contributed by atoms with E-state index in [9.17, 15) is 14.4 Å². The van der Waals surface area contributed by atoms with Crippen molar-refractivity contribution in [1.82, 2.24) is 10.2 Å². The minimum atomic E-state index is -0.879. The van der Waals surface area contributed by atoms with Gasteiger partial charge in [0.05, 0.1) is 6.42 Å². The van der Waals surface area contributed by atoms with E-state index in [0.717, 1.165) is 47.7 Å². The Balaban J connectivity index is 1.67. The van der Waals surface area contributed by atoms with Gasteiger partial charge in [0.2, 0.25) is 5.91 Å². The van der Waals surface area contributed by atoms with Gasteiger partial charge in [-0.3, -0.25) is 14.4 Å². The van der Waals surface area contributed by atoms with Gasteiger partial charge in [0.15, 0.2) is 6.10 Å². The summed E-state index contributed by atoms with van der Waals surface area (Å²) >= 11 is 3.46. The monoisotopic (exact) mass is 494 g/mol. The highest BCUT2D eigenvalue weighted by atomic mass is 79.9. The van der Waals surface area contributed by atoms with Crippen molar-refractivity contribution < 1.29 is 23.9 Å². The van der Waals surface area contributed by atoms with E-state index in [1.54, 1.807) is 6.92 Å². The van der Waals surface area contributed by atoms with E-state index in [0.29, 0.717) is 18.8 Å². The number of rotatable bonds is 6. The number of hydrogen-bond acceptors (Lipinski definition) is 5. The maximum absolute atomic E-state index is 13.2. The molecule has 7 nitrogen and oxygen atoms in total. The Kier molecular flexibility index (Phi) is 7.97. The Labute approximate surface area is 192 Å². The summed E-state index contributed by atoms with van der Waals surface area (Å²) in [6.45, 7) is 6.19. The molecule has 2 fully saturated rings. The number of hydrogen-bond donors (Lipinski definition) is 1. The predicted octanol–water partition coefficient (Wildman–Crippen LogP) is 3.43. The highest BCUT2D eigenvalue weighted by molar-refractivity contribution is 9.10. The van der Waals surface area contributed by atoms with Crippen LogP contribution in [0, 0.1) is 13.8 Å². The number of esters is 1. The largest absolute Gasteiger partial charge is 0.480 e. The minimum Gasteiger partial charge on any atom is -0.480 e. The molecule has 1 saturated heterocycles. The van der Waals surface area contributed by atoms with Gasteiger partial charge in [-0.25, -0.2) is 0 Å². The molecule has 3 rings (SSSR count). The van der Waals surface area contributed by atoms with Crippen LogP contribution >= 0.6 is 15.9 Å². The molecule has 0 aromatic heterocycles. The van der Waals surface area contributed by atoms with Gasteiger partial charge in [-0.2, -0.15) is 0 Å². The lowest BCUT2D eigenvalue weighted by atomic mass is 9.98. The summed E-state index contributed by atoms with van der Waals surface area (Å²) in [5.41, 5.74) is 1.83. The zero-order valence-electron chi connectivity index (χ0n) is 18.4. The second-order valence-electron chi connectivity index (χ2n) is 8.42. The van der Waals surface area contributed by atoms with Crippen molar-refractivity contribution in [3.8, 4) is 5.75 Å². The Hall–Kier alpha value is -2.09. The van der Waals surface area contributed by atoms with Crippen molar-refractivity contribution in [1.29, 1.82) is 0 Å². The fraction of sp³-hybridized carbons (Fsp3) is 0.609. The zero-order valence-corrected chi connectivity index (χ0v) is 20.0. The first-order valence-corrected chi connectivity index (χ1v) is 11.8. The lowest BCUT2D eigenvalue weighted by Crippen LogP contribution is -2.60. The molecule has 1 aliphatic carbocycles. The number of piperazine rings is 1. The fourth-order valence-electron chi connectivity index (χ4n) is 4.30. The zero-order chi connectivity index (χ0) is 22.5. The Morgan fingerprint density at radius 3 is 2.48 bits per heavy atom. The number of carbonyl (C=O) groups is 3. The van der Waals surface area contributed by atoms with Gasteiger partial charge >= 0.3 is 5.97 Å². The van der Waals surface area contributed by atoms with Crippen LogP contribution in [-0.4, -0.2) is 54.0 Å². The van der Waals surface area contributed by atoms with Gasteiger partial charge in [-0.05, 0) is 69.7 Å². The summed E-state index contributed by atoms with van der Waals surface area (Å²) in [6.07, 6.45) is 3.98. The summed E-state index contributed by atoms with van der Waals surface area (Å²) in [5, 5.41) is 2.75. The molecule has 2 unspecified atom stereocenters. The quantitative estimate of drug-likeness (QED) is 0.612. The molecule has 1 N–H and O–H groups in total. The number of benzene rings is 1. The third-order valence-corrected chi connectivity index (χ3v) is 6.35. The number of halogens is 1. The first-order chi connectivity index (χ1) is 14.8. The Morgan fingerprint density at radius 2 is 1.84 bits per heavy atom. The lowest BCUT2D eigenvalue weighted by Gasteiger charge is -2.36. The van der Waals surface area contributed by atoms with E-state index in [1.807, 2.05) is 26.0 Å². The molecule has 1 saturated carbocycles. The topological polar surface area (TPSA) is 84.9 Å². The van der Waals surface area contributed by atoms with E-state index in [2.05, 4.69) is 21.2 Å². The maximum atomic E-state index is 13.2. The molecule has 31 heavy (non-hydrogen) atoms. The molecule has 1 heterocycles. The van der Waals surface area contributed by atoms with Gasteiger partial charge < -0.3 is 19.7 Å². The number of nitrogens with one attached hydrogen (secondary N) is 1. The summed E-state index contributed by atoms with van der Waals surface area (Å²) in [7, 11) is 0. The van der Waals surface area contributed by atoms with E-state index in [-0.39, 0.29) is 24.3 Å². The second kappa shape index (κ2) is 10.5. The van der Waals surface area contributed by atoms with Gasteiger partial charge in [0.1, 0.15) is 17.9 Å². The smallest absolute Gasteiger partial charge is 0.308 e. The molecule has 2 amide bonds. The number of carbonyl (C=O) groups excluding carboxylic acids is 3. The lowest BCUT2D eigenvalue weighted by molar-refractivity contribution is -0.157. The SMILES string of the molecule is Cc1cc(Br)cc(C)c1OC(C)C(=O)N1CCNC(=O)C1CC(=O)OC1CCCCC1. The molecule has 8 heteroatoms. The predicted molar refractivity (Wildman–Crippen MR) is 120 cm³/mol. The average molecular weight is 495 g/mol. The average Bonchev–Trinajstić information content (AvgIpc) is 2.72. The van der Waals surface area contributed by atoms with Crippen LogP contribution in [0.5, 0.6) is 5.75 Å². The van der Waals surface area contributed by atoms with Crippen LogP contribution in [0.3, 0.4) is 0 Å². The highest BCUT2D eigenvalue weighted by Gasteiger charge is 2.38. The van der Waals surface area contributed by atoms with Crippen LogP contribution in [0.1, 0.15) is 56.6 Å². The van der Waals surface area contributed by atoms with Crippen LogP contribution < -0.4 is 10.1 Å². The molecule has 0 radical (unpaired) electrons. The normalized spacial score (nSPS) is 20.7. The van der Waals surface area contributed by atoms with Crippen LogP contribution in [0.2, 0.25) is 0 Å². The summed E-state index contributed by atoms with van der Waals surface area (Å²) in [5.74, 6) is -0.422. The van der Waals surface area contributed by atoms with Crippen LogP contribution in [0.25, 0.3) is 0 Å². The van der Waals surface area contributed by atoms with Crippen molar-refractivity contribution in [2.24, 2.45) is 0 Å². The summed E-state index contributed by atoms with van der Waals surface area (Å²) < 4.78 is 12.5. The molecule has 2 atom stereocenters. The number of amides is 2. The molecular weight excluding hydrogens is 464 g/mol. The fourth-order valence-corrected chi connectivity index (χ4v) is 4.99. The third-order valence-electron chi connectivity index (χ3n) is 5.89. The highest BCUT2D eigenvalue weighted by Crippen LogP contribution is 2.29. The van der Waals surface area contributed by atoms with E-state index in [4.69, 9.17) is 9.47 Å². The summed E-state index contributed by atoms with van der Waals surface area (Å²) in [4.78, 5) is 39.6. The third kappa shape index (κ3) is 5.99. The van der Waals surface area contributed by atoms with Crippen LogP contribution in [0.4, 0.5) is 0 Å². The van der Waals surface area contributed by atoms with Crippen molar-refractivity contribution in [2.45, 2.75) is 77.5 Å². The maximum Gasteiger partial charge on any atom is 0.308 e. The van der Waals surface area contributed by atoms with E-state index in [1.165, 1.54) is 4.90 Å². The molecule has 2 aliphatic rings. The molecule has 1 aromatic rings.